The summed E-state index contributed by atoms with van der Waals surface area (Å²) in [5.41, 5.74) is 0. The molecule has 1 atom stereocenters. The second-order valence-electron chi connectivity index (χ2n) is 6.01. The molecule has 6 nitrogen and oxygen atoms in total. The lowest BCUT2D eigenvalue weighted by Gasteiger charge is -2.35. The van der Waals surface area contributed by atoms with Gasteiger partial charge in [-0.2, -0.15) is 0 Å². The van der Waals surface area contributed by atoms with Crippen molar-refractivity contribution in [3.8, 4) is 0 Å². The third-order valence-electron chi connectivity index (χ3n) is 4.21. The summed E-state index contributed by atoms with van der Waals surface area (Å²) in [6.45, 7) is 5.57. The zero-order chi connectivity index (χ0) is 14.5. The number of hydrogen-bond donors (Lipinski definition) is 1. The molecule has 2 aliphatic heterocycles. The molecule has 1 unspecified atom stereocenters. The third-order valence-corrected chi connectivity index (χ3v) is 4.21. The highest BCUT2D eigenvalue weighted by molar-refractivity contribution is 5.78. The molecule has 2 heterocycles. The van der Waals surface area contributed by atoms with Crippen molar-refractivity contribution in [2.75, 3.05) is 59.9 Å². The molecule has 2 rings (SSSR count). The molecular weight excluding hydrogens is 256 g/mol. The second-order valence-corrected chi connectivity index (χ2v) is 6.01. The van der Waals surface area contributed by atoms with Crippen molar-refractivity contribution in [3.63, 3.8) is 0 Å². The average molecular weight is 282 g/mol. The van der Waals surface area contributed by atoms with Gasteiger partial charge in [0.05, 0.1) is 6.54 Å². The van der Waals surface area contributed by atoms with Crippen LogP contribution >= 0.6 is 0 Å². The van der Waals surface area contributed by atoms with Crippen molar-refractivity contribution >= 4 is 11.8 Å². The Morgan fingerprint density at radius 2 is 1.90 bits per heavy atom. The fourth-order valence-electron chi connectivity index (χ4n) is 2.75. The van der Waals surface area contributed by atoms with Crippen LogP contribution in [0.25, 0.3) is 0 Å². The first-order valence-electron chi connectivity index (χ1n) is 7.47. The van der Waals surface area contributed by atoms with Gasteiger partial charge in [-0.3, -0.25) is 14.5 Å². The van der Waals surface area contributed by atoms with E-state index in [4.69, 9.17) is 0 Å². The largest absolute Gasteiger partial charge is 0.348 e. The average Bonchev–Trinajstić information content (AvgIpc) is 2.92. The monoisotopic (exact) mass is 282 g/mol. The van der Waals surface area contributed by atoms with Gasteiger partial charge in [0.2, 0.25) is 11.8 Å². The minimum absolute atomic E-state index is 0.127. The summed E-state index contributed by atoms with van der Waals surface area (Å²) in [5, 5.41) is 3.30. The standard InChI is InChI=1S/C14H26N4O2/c1-16(2)14(20)11-17-5-7-18(8-6-17)13(19)9-12-3-4-15-10-12/h12,15H,3-11H2,1-2H3. The van der Waals surface area contributed by atoms with Crippen molar-refractivity contribution in [1.29, 1.82) is 0 Å². The van der Waals surface area contributed by atoms with Crippen molar-refractivity contribution in [1.82, 2.24) is 20.0 Å². The van der Waals surface area contributed by atoms with E-state index < -0.39 is 0 Å². The number of amides is 2. The molecule has 0 radical (unpaired) electrons. The van der Waals surface area contributed by atoms with E-state index in [-0.39, 0.29) is 11.8 Å². The molecule has 0 aromatic carbocycles. The normalized spacial score (nSPS) is 23.9. The Morgan fingerprint density at radius 1 is 1.20 bits per heavy atom. The summed E-state index contributed by atoms with van der Waals surface area (Å²) in [5.74, 6) is 0.912. The zero-order valence-electron chi connectivity index (χ0n) is 12.6. The van der Waals surface area contributed by atoms with Crippen LogP contribution in [0.5, 0.6) is 0 Å². The quantitative estimate of drug-likeness (QED) is 0.735. The summed E-state index contributed by atoms with van der Waals surface area (Å²) >= 11 is 0. The molecule has 2 aliphatic rings. The number of hydrogen-bond acceptors (Lipinski definition) is 4. The van der Waals surface area contributed by atoms with Crippen LogP contribution in [0.15, 0.2) is 0 Å². The number of nitrogens with zero attached hydrogens (tertiary/aromatic N) is 3. The van der Waals surface area contributed by atoms with Crippen molar-refractivity contribution in [2.45, 2.75) is 12.8 Å². The SMILES string of the molecule is CN(C)C(=O)CN1CCN(C(=O)CC2CCNC2)CC1. The van der Waals surface area contributed by atoms with Crippen LogP contribution < -0.4 is 5.32 Å². The Morgan fingerprint density at radius 3 is 2.45 bits per heavy atom. The number of piperazine rings is 1. The Bertz CT molecular complexity index is 345. The number of carbonyl (C=O) groups is 2. The van der Waals surface area contributed by atoms with Crippen LogP contribution in [0.4, 0.5) is 0 Å². The van der Waals surface area contributed by atoms with Gasteiger partial charge < -0.3 is 15.1 Å². The number of nitrogens with one attached hydrogen (secondary N) is 1. The predicted octanol–water partition coefficient (Wildman–Crippen LogP) is -0.782. The molecule has 0 aliphatic carbocycles. The molecule has 2 saturated heterocycles. The lowest BCUT2D eigenvalue weighted by Crippen LogP contribution is -2.51. The first-order chi connectivity index (χ1) is 9.56. The molecule has 0 bridgehead atoms. The van der Waals surface area contributed by atoms with E-state index in [0.717, 1.165) is 45.7 Å². The molecule has 1 N–H and O–H groups in total. The van der Waals surface area contributed by atoms with Crippen LogP contribution in [0.2, 0.25) is 0 Å². The van der Waals surface area contributed by atoms with E-state index in [2.05, 4.69) is 10.2 Å². The smallest absolute Gasteiger partial charge is 0.236 e. The van der Waals surface area contributed by atoms with Gasteiger partial charge in [-0.05, 0) is 25.4 Å². The summed E-state index contributed by atoms with van der Waals surface area (Å²) in [6, 6.07) is 0. The van der Waals surface area contributed by atoms with Gasteiger partial charge in [0.25, 0.3) is 0 Å². The minimum atomic E-state index is 0.127. The maximum atomic E-state index is 12.2. The summed E-state index contributed by atoms with van der Waals surface area (Å²) in [7, 11) is 3.55. The van der Waals surface area contributed by atoms with Crippen molar-refractivity contribution in [3.05, 3.63) is 0 Å². The van der Waals surface area contributed by atoms with Crippen LogP contribution in [0.1, 0.15) is 12.8 Å². The molecule has 0 saturated carbocycles. The zero-order valence-corrected chi connectivity index (χ0v) is 12.6. The fraction of sp³-hybridized carbons (Fsp3) is 0.857. The molecule has 0 spiro atoms. The second kappa shape index (κ2) is 7.04. The van der Waals surface area contributed by atoms with Gasteiger partial charge in [-0.1, -0.05) is 0 Å². The van der Waals surface area contributed by atoms with Crippen LogP contribution in [-0.2, 0) is 9.59 Å². The molecule has 6 heteroatoms. The number of carbonyl (C=O) groups excluding carboxylic acids is 2. The Hall–Kier alpha value is -1.14. The van der Waals surface area contributed by atoms with Gasteiger partial charge in [0, 0.05) is 46.7 Å². The van der Waals surface area contributed by atoms with Gasteiger partial charge >= 0.3 is 0 Å². The minimum Gasteiger partial charge on any atom is -0.348 e. The predicted molar refractivity (Wildman–Crippen MR) is 77.3 cm³/mol. The fourth-order valence-corrected chi connectivity index (χ4v) is 2.75. The van der Waals surface area contributed by atoms with Crippen molar-refractivity contribution in [2.24, 2.45) is 5.92 Å². The molecule has 0 aromatic heterocycles. The number of rotatable bonds is 4. The maximum absolute atomic E-state index is 12.2. The van der Waals surface area contributed by atoms with Gasteiger partial charge in [-0.25, -0.2) is 0 Å². The molecule has 114 valence electrons. The van der Waals surface area contributed by atoms with Crippen LogP contribution in [0, 0.1) is 5.92 Å². The van der Waals surface area contributed by atoms with Gasteiger partial charge in [0.1, 0.15) is 0 Å². The van der Waals surface area contributed by atoms with Crippen LogP contribution in [0.3, 0.4) is 0 Å². The Kier molecular flexibility index (Phi) is 5.37. The van der Waals surface area contributed by atoms with E-state index in [1.165, 1.54) is 0 Å². The maximum Gasteiger partial charge on any atom is 0.236 e. The van der Waals surface area contributed by atoms with E-state index >= 15 is 0 Å². The highest BCUT2D eigenvalue weighted by atomic mass is 16.2. The van der Waals surface area contributed by atoms with E-state index in [1.54, 1.807) is 19.0 Å². The first kappa shape index (κ1) is 15.3. The summed E-state index contributed by atoms with van der Waals surface area (Å²) < 4.78 is 0. The van der Waals surface area contributed by atoms with E-state index in [1.807, 2.05) is 4.90 Å². The van der Waals surface area contributed by atoms with Crippen molar-refractivity contribution < 1.29 is 9.59 Å². The van der Waals surface area contributed by atoms with Gasteiger partial charge in [0.15, 0.2) is 0 Å². The Balaban J connectivity index is 1.70. The lowest BCUT2D eigenvalue weighted by molar-refractivity contribution is -0.134. The molecule has 0 aromatic rings. The van der Waals surface area contributed by atoms with E-state index in [9.17, 15) is 9.59 Å². The van der Waals surface area contributed by atoms with E-state index in [0.29, 0.717) is 18.9 Å². The Labute approximate surface area is 121 Å². The first-order valence-corrected chi connectivity index (χ1v) is 7.47. The third kappa shape index (κ3) is 4.18. The van der Waals surface area contributed by atoms with Crippen LogP contribution in [-0.4, -0.2) is 86.4 Å². The molecule has 20 heavy (non-hydrogen) atoms. The molecule has 2 amide bonds. The number of likely N-dealkylation sites (N-methyl/N-ethyl adjacent to an activating group) is 1. The highest BCUT2D eigenvalue weighted by Gasteiger charge is 2.25. The lowest BCUT2D eigenvalue weighted by atomic mass is 10.0. The molecule has 2 fully saturated rings. The molecular formula is C14H26N4O2. The summed E-state index contributed by atoms with van der Waals surface area (Å²) in [6.07, 6.45) is 1.78. The highest BCUT2D eigenvalue weighted by Crippen LogP contribution is 2.14. The topological polar surface area (TPSA) is 55.9 Å². The van der Waals surface area contributed by atoms with Gasteiger partial charge in [-0.15, -0.1) is 0 Å². The summed E-state index contributed by atoms with van der Waals surface area (Å²) in [4.78, 5) is 29.5.